The number of benzene rings is 1. The van der Waals surface area contributed by atoms with Crippen LogP contribution in [0.5, 0.6) is 0 Å². The standard InChI is InChI=1S/C15H19BrN2O3.C2H6/c1-15(2,3)21-14(20)18-8-10(9-18)13(19)17-12-7-5-4-6-11(12)16;1-2/h4-7,10H,8-9H2,1-3H3,(H,17,19);1-2H3. The maximum absolute atomic E-state index is 12.1. The van der Waals surface area contributed by atoms with Crippen molar-refractivity contribution in [3.63, 3.8) is 0 Å². The van der Waals surface area contributed by atoms with Gasteiger partial charge >= 0.3 is 6.09 Å². The molecule has 1 aromatic rings. The fourth-order valence-electron chi connectivity index (χ4n) is 1.92. The highest BCUT2D eigenvalue weighted by atomic mass is 79.9. The number of rotatable bonds is 2. The van der Waals surface area contributed by atoms with Crippen LogP contribution >= 0.6 is 15.9 Å². The fraction of sp³-hybridized carbons (Fsp3) is 0.529. The second-order valence-electron chi connectivity index (χ2n) is 6.05. The van der Waals surface area contributed by atoms with Crippen LogP contribution in [0.1, 0.15) is 34.6 Å². The minimum atomic E-state index is -0.515. The lowest BCUT2D eigenvalue weighted by Crippen LogP contribution is -2.55. The molecular formula is C17H25BrN2O3. The van der Waals surface area contributed by atoms with Crippen molar-refractivity contribution in [2.24, 2.45) is 5.92 Å². The van der Waals surface area contributed by atoms with Gasteiger partial charge in [-0.15, -0.1) is 0 Å². The minimum Gasteiger partial charge on any atom is -0.444 e. The van der Waals surface area contributed by atoms with Gasteiger partial charge in [0.1, 0.15) is 5.60 Å². The number of anilines is 1. The smallest absolute Gasteiger partial charge is 0.410 e. The van der Waals surface area contributed by atoms with Gasteiger partial charge in [0.05, 0.1) is 11.6 Å². The normalized spacial score (nSPS) is 14.3. The van der Waals surface area contributed by atoms with Crippen molar-refractivity contribution in [1.29, 1.82) is 0 Å². The van der Waals surface area contributed by atoms with Gasteiger partial charge in [0, 0.05) is 17.6 Å². The third kappa shape index (κ3) is 5.86. The first-order valence-corrected chi connectivity index (χ1v) is 8.59. The van der Waals surface area contributed by atoms with Crippen molar-refractivity contribution in [3.05, 3.63) is 28.7 Å². The number of hydrogen-bond donors (Lipinski definition) is 1. The van der Waals surface area contributed by atoms with Crippen molar-refractivity contribution in [1.82, 2.24) is 4.90 Å². The highest BCUT2D eigenvalue weighted by Gasteiger charge is 2.37. The maximum Gasteiger partial charge on any atom is 0.410 e. The Morgan fingerprint density at radius 3 is 2.30 bits per heavy atom. The average molecular weight is 385 g/mol. The lowest BCUT2D eigenvalue weighted by atomic mass is 10.00. The van der Waals surface area contributed by atoms with Crippen molar-refractivity contribution in [2.45, 2.75) is 40.2 Å². The Hall–Kier alpha value is -1.56. The van der Waals surface area contributed by atoms with Crippen LogP contribution in [0.25, 0.3) is 0 Å². The Labute approximate surface area is 146 Å². The third-order valence-corrected chi connectivity index (χ3v) is 3.73. The van der Waals surface area contributed by atoms with Crippen molar-refractivity contribution in [3.8, 4) is 0 Å². The van der Waals surface area contributed by atoms with Gasteiger partial charge in [-0.1, -0.05) is 26.0 Å². The first-order valence-electron chi connectivity index (χ1n) is 7.79. The van der Waals surface area contributed by atoms with Gasteiger partial charge in [-0.2, -0.15) is 0 Å². The molecule has 1 aliphatic heterocycles. The van der Waals surface area contributed by atoms with E-state index in [-0.39, 0.29) is 17.9 Å². The summed E-state index contributed by atoms with van der Waals surface area (Å²) in [6, 6.07) is 7.43. The average Bonchev–Trinajstić information content (AvgIpc) is 2.40. The molecule has 128 valence electrons. The number of nitrogens with zero attached hydrogens (tertiary/aromatic N) is 1. The minimum absolute atomic E-state index is 0.0818. The van der Waals surface area contributed by atoms with Crippen LogP contribution in [-0.2, 0) is 9.53 Å². The summed E-state index contributed by atoms with van der Waals surface area (Å²) in [6.45, 7) is 10.3. The van der Waals surface area contributed by atoms with Gasteiger partial charge in [0.15, 0.2) is 0 Å². The predicted molar refractivity (Wildman–Crippen MR) is 95.4 cm³/mol. The van der Waals surface area contributed by atoms with E-state index in [2.05, 4.69) is 21.2 Å². The summed E-state index contributed by atoms with van der Waals surface area (Å²) < 4.78 is 6.09. The lowest BCUT2D eigenvalue weighted by Gasteiger charge is -2.38. The van der Waals surface area contributed by atoms with Gasteiger partial charge in [0.2, 0.25) is 5.91 Å². The molecule has 0 spiro atoms. The van der Waals surface area contributed by atoms with Gasteiger partial charge in [-0.25, -0.2) is 4.79 Å². The van der Waals surface area contributed by atoms with Crippen LogP contribution in [-0.4, -0.2) is 35.6 Å². The Kier molecular flexibility index (Phi) is 7.06. The first-order chi connectivity index (χ1) is 10.8. The van der Waals surface area contributed by atoms with Crippen molar-refractivity contribution in [2.75, 3.05) is 18.4 Å². The van der Waals surface area contributed by atoms with E-state index in [4.69, 9.17) is 4.74 Å². The molecule has 0 unspecified atom stereocenters. The topological polar surface area (TPSA) is 58.6 Å². The predicted octanol–water partition coefficient (Wildman–Crippen LogP) is 4.28. The van der Waals surface area contributed by atoms with E-state index in [1.807, 2.05) is 58.9 Å². The lowest BCUT2D eigenvalue weighted by molar-refractivity contribution is -0.124. The van der Waals surface area contributed by atoms with E-state index in [0.29, 0.717) is 13.1 Å². The van der Waals surface area contributed by atoms with Gasteiger partial charge in [-0.3, -0.25) is 4.79 Å². The molecule has 0 saturated carbocycles. The molecule has 5 nitrogen and oxygen atoms in total. The third-order valence-electron chi connectivity index (χ3n) is 3.04. The number of likely N-dealkylation sites (tertiary alicyclic amines) is 1. The summed E-state index contributed by atoms with van der Waals surface area (Å²) in [5.41, 5.74) is 0.220. The molecule has 6 heteroatoms. The highest BCUT2D eigenvalue weighted by molar-refractivity contribution is 9.10. The van der Waals surface area contributed by atoms with Gasteiger partial charge < -0.3 is 15.0 Å². The Morgan fingerprint density at radius 2 is 1.78 bits per heavy atom. The van der Waals surface area contributed by atoms with E-state index in [1.54, 1.807) is 0 Å². The number of ether oxygens (including phenoxy) is 1. The van der Waals surface area contributed by atoms with Crippen molar-refractivity contribution >= 4 is 33.6 Å². The van der Waals surface area contributed by atoms with Crippen LogP contribution in [0.15, 0.2) is 28.7 Å². The molecule has 2 rings (SSSR count). The number of carbonyl (C=O) groups is 2. The number of hydrogen-bond acceptors (Lipinski definition) is 3. The molecule has 23 heavy (non-hydrogen) atoms. The molecule has 0 aliphatic carbocycles. The second-order valence-corrected chi connectivity index (χ2v) is 6.91. The summed E-state index contributed by atoms with van der Waals surface area (Å²) in [5, 5.41) is 2.86. The van der Waals surface area contributed by atoms with E-state index in [1.165, 1.54) is 4.90 Å². The molecule has 2 amide bonds. The van der Waals surface area contributed by atoms with Crippen LogP contribution in [0.3, 0.4) is 0 Å². The molecule has 1 aliphatic rings. The van der Waals surface area contributed by atoms with Crippen LogP contribution in [0.4, 0.5) is 10.5 Å². The summed E-state index contributed by atoms with van der Waals surface area (Å²) in [5.74, 6) is -0.272. The maximum atomic E-state index is 12.1. The molecule has 0 bridgehead atoms. The van der Waals surface area contributed by atoms with Gasteiger partial charge in [0.25, 0.3) is 0 Å². The number of halogens is 1. The Morgan fingerprint density at radius 1 is 1.22 bits per heavy atom. The molecule has 0 radical (unpaired) electrons. The summed E-state index contributed by atoms with van der Waals surface area (Å²) >= 11 is 3.38. The monoisotopic (exact) mass is 384 g/mol. The molecule has 1 heterocycles. The SMILES string of the molecule is CC.CC(C)(C)OC(=O)N1CC(C(=O)Nc2ccccc2Br)C1. The Bertz CT molecular complexity index is 549. The summed E-state index contributed by atoms with van der Waals surface area (Å²) in [4.78, 5) is 25.4. The molecule has 1 saturated heterocycles. The number of nitrogens with one attached hydrogen (secondary N) is 1. The zero-order valence-electron chi connectivity index (χ0n) is 14.4. The number of para-hydroxylation sites is 1. The first kappa shape index (κ1) is 19.5. The molecular weight excluding hydrogens is 360 g/mol. The molecule has 1 fully saturated rings. The molecule has 1 N–H and O–H groups in total. The highest BCUT2D eigenvalue weighted by Crippen LogP contribution is 2.24. The van der Waals surface area contributed by atoms with E-state index in [9.17, 15) is 9.59 Å². The van der Waals surface area contributed by atoms with E-state index in [0.717, 1.165) is 10.2 Å². The van der Waals surface area contributed by atoms with Crippen LogP contribution < -0.4 is 5.32 Å². The second kappa shape index (κ2) is 8.34. The molecule has 1 aromatic carbocycles. The quantitative estimate of drug-likeness (QED) is 0.827. The van der Waals surface area contributed by atoms with Crippen molar-refractivity contribution < 1.29 is 14.3 Å². The zero-order valence-corrected chi connectivity index (χ0v) is 15.9. The molecule has 0 aromatic heterocycles. The summed E-state index contributed by atoms with van der Waals surface area (Å²) in [6.07, 6.45) is -0.368. The van der Waals surface area contributed by atoms with Crippen LogP contribution in [0, 0.1) is 5.92 Å². The van der Waals surface area contributed by atoms with E-state index >= 15 is 0 Å². The zero-order chi connectivity index (χ0) is 17.6. The Balaban J connectivity index is 0.00000127. The number of amides is 2. The van der Waals surface area contributed by atoms with Crippen LogP contribution in [0.2, 0.25) is 0 Å². The largest absolute Gasteiger partial charge is 0.444 e. The van der Waals surface area contributed by atoms with Gasteiger partial charge in [-0.05, 0) is 48.8 Å². The van der Waals surface area contributed by atoms with E-state index < -0.39 is 5.60 Å². The number of carbonyl (C=O) groups excluding carboxylic acids is 2. The molecule has 0 atom stereocenters. The summed E-state index contributed by atoms with van der Waals surface area (Å²) in [7, 11) is 0. The fourth-order valence-corrected chi connectivity index (χ4v) is 2.30.